The number of nitrogens with one attached hydrogen (secondary N) is 1. The molecule has 0 unspecified atom stereocenters. The SMILES string of the molecule is C=CCOC(=O)NC1(CC(=O)O)C2CC3CC(C2)CC1C3. The van der Waals surface area contributed by atoms with E-state index < -0.39 is 17.6 Å². The van der Waals surface area contributed by atoms with E-state index in [0.29, 0.717) is 0 Å². The van der Waals surface area contributed by atoms with Gasteiger partial charge in [-0.15, -0.1) is 0 Å². The Hall–Kier alpha value is -1.52. The number of ether oxygens (including phenoxy) is 1. The van der Waals surface area contributed by atoms with Crippen LogP contribution in [0, 0.1) is 23.7 Å². The van der Waals surface area contributed by atoms with E-state index in [-0.39, 0.29) is 24.9 Å². The van der Waals surface area contributed by atoms with Gasteiger partial charge in [-0.3, -0.25) is 4.79 Å². The van der Waals surface area contributed by atoms with Crippen molar-refractivity contribution < 1.29 is 19.4 Å². The van der Waals surface area contributed by atoms with Crippen molar-refractivity contribution >= 4 is 12.1 Å². The van der Waals surface area contributed by atoms with Gasteiger partial charge in [0, 0.05) is 0 Å². The third-order valence-corrected chi connectivity index (χ3v) is 5.71. The van der Waals surface area contributed by atoms with Crippen LogP contribution in [0.3, 0.4) is 0 Å². The monoisotopic (exact) mass is 293 g/mol. The smallest absolute Gasteiger partial charge is 0.407 e. The van der Waals surface area contributed by atoms with Crippen LogP contribution in [0.4, 0.5) is 4.79 Å². The molecule has 0 aromatic heterocycles. The minimum Gasteiger partial charge on any atom is -0.481 e. The first kappa shape index (κ1) is 14.4. The van der Waals surface area contributed by atoms with Crippen molar-refractivity contribution in [2.75, 3.05) is 6.61 Å². The van der Waals surface area contributed by atoms with Gasteiger partial charge in [-0.25, -0.2) is 4.79 Å². The Labute approximate surface area is 124 Å². The van der Waals surface area contributed by atoms with Gasteiger partial charge in [-0.05, 0) is 55.8 Å². The molecule has 2 N–H and O–H groups in total. The lowest BCUT2D eigenvalue weighted by molar-refractivity contribution is -0.145. The van der Waals surface area contributed by atoms with Crippen molar-refractivity contribution in [3.05, 3.63) is 12.7 Å². The van der Waals surface area contributed by atoms with E-state index in [9.17, 15) is 14.7 Å². The lowest BCUT2D eigenvalue weighted by Gasteiger charge is -2.60. The lowest BCUT2D eigenvalue weighted by Crippen LogP contribution is -2.66. The Morgan fingerprint density at radius 2 is 1.76 bits per heavy atom. The van der Waals surface area contributed by atoms with Crippen molar-refractivity contribution in [1.29, 1.82) is 0 Å². The molecule has 0 aliphatic heterocycles. The van der Waals surface area contributed by atoms with E-state index >= 15 is 0 Å². The molecule has 5 nitrogen and oxygen atoms in total. The maximum Gasteiger partial charge on any atom is 0.407 e. The van der Waals surface area contributed by atoms with Gasteiger partial charge in [0.1, 0.15) is 6.61 Å². The number of carbonyl (C=O) groups is 2. The van der Waals surface area contributed by atoms with E-state index in [4.69, 9.17) is 4.74 Å². The number of aliphatic carboxylic acids is 1. The largest absolute Gasteiger partial charge is 0.481 e. The van der Waals surface area contributed by atoms with Gasteiger partial charge < -0.3 is 15.2 Å². The summed E-state index contributed by atoms with van der Waals surface area (Å²) in [6.45, 7) is 3.67. The highest BCUT2D eigenvalue weighted by atomic mass is 16.5. The highest BCUT2D eigenvalue weighted by Gasteiger charge is 2.58. The van der Waals surface area contributed by atoms with Gasteiger partial charge in [-0.2, -0.15) is 0 Å². The number of hydrogen-bond donors (Lipinski definition) is 2. The highest BCUT2D eigenvalue weighted by molar-refractivity contribution is 5.73. The molecular formula is C16H23NO4. The zero-order valence-electron chi connectivity index (χ0n) is 12.2. The Morgan fingerprint density at radius 3 is 2.24 bits per heavy atom. The first-order valence-electron chi connectivity index (χ1n) is 7.81. The summed E-state index contributed by atoms with van der Waals surface area (Å²) in [4.78, 5) is 23.4. The van der Waals surface area contributed by atoms with Crippen LogP contribution in [0.2, 0.25) is 0 Å². The average Bonchev–Trinajstić information content (AvgIpc) is 2.41. The maximum atomic E-state index is 12.0. The second-order valence-electron chi connectivity index (χ2n) is 6.93. The van der Waals surface area contributed by atoms with E-state index in [1.54, 1.807) is 0 Å². The van der Waals surface area contributed by atoms with Gasteiger partial charge in [0.2, 0.25) is 0 Å². The van der Waals surface area contributed by atoms with E-state index in [2.05, 4.69) is 11.9 Å². The molecule has 21 heavy (non-hydrogen) atoms. The van der Waals surface area contributed by atoms with Crippen molar-refractivity contribution in [1.82, 2.24) is 5.32 Å². The molecule has 0 atom stereocenters. The summed E-state index contributed by atoms with van der Waals surface area (Å²) in [6, 6.07) is 0. The Bertz CT molecular complexity index is 431. The topological polar surface area (TPSA) is 75.6 Å². The quantitative estimate of drug-likeness (QED) is 0.764. The van der Waals surface area contributed by atoms with Crippen LogP contribution < -0.4 is 5.32 Å². The van der Waals surface area contributed by atoms with Gasteiger partial charge in [-0.1, -0.05) is 12.7 Å². The molecule has 4 fully saturated rings. The van der Waals surface area contributed by atoms with Crippen molar-refractivity contribution in [2.24, 2.45) is 23.7 Å². The third-order valence-electron chi connectivity index (χ3n) is 5.71. The van der Waals surface area contributed by atoms with E-state index in [1.165, 1.54) is 12.5 Å². The van der Waals surface area contributed by atoms with Crippen molar-refractivity contribution in [3.8, 4) is 0 Å². The van der Waals surface area contributed by atoms with Crippen molar-refractivity contribution in [3.63, 3.8) is 0 Å². The van der Waals surface area contributed by atoms with Crippen molar-refractivity contribution in [2.45, 2.75) is 44.1 Å². The minimum atomic E-state index is -0.841. The predicted octanol–water partition coefficient (Wildman–Crippen LogP) is 2.57. The summed E-state index contributed by atoms with van der Waals surface area (Å²) in [7, 11) is 0. The molecule has 0 aromatic carbocycles. The van der Waals surface area contributed by atoms with Gasteiger partial charge >= 0.3 is 12.1 Å². The summed E-state index contributed by atoms with van der Waals surface area (Å²) in [6.07, 6.45) is 6.47. The summed E-state index contributed by atoms with van der Waals surface area (Å²) < 4.78 is 5.04. The van der Waals surface area contributed by atoms with Crippen LogP contribution in [-0.4, -0.2) is 29.3 Å². The molecule has 4 aliphatic carbocycles. The molecule has 4 aliphatic rings. The number of alkyl carbamates (subject to hydrolysis) is 1. The molecule has 4 rings (SSSR count). The van der Waals surface area contributed by atoms with E-state index in [0.717, 1.165) is 37.5 Å². The Kier molecular flexibility index (Phi) is 3.68. The molecule has 0 aromatic rings. The Balaban J connectivity index is 1.81. The number of amides is 1. The number of rotatable bonds is 5. The highest BCUT2D eigenvalue weighted by Crippen LogP contribution is 2.59. The first-order valence-corrected chi connectivity index (χ1v) is 7.81. The third kappa shape index (κ3) is 2.54. The molecular weight excluding hydrogens is 270 g/mol. The van der Waals surface area contributed by atoms with Crippen LogP contribution in [-0.2, 0) is 9.53 Å². The van der Waals surface area contributed by atoms with E-state index in [1.807, 2.05) is 0 Å². The number of hydrogen-bond acceptors (Lipinski definition) is 3. The molecule has 4 bridgehead atoms. The van der Waals surface area contributed by atoms with Crippen LogP contribution in [0.25, 0.3) is 0 Å². The predicted molar refractivity (Wildman–Crippen MR) is 76.7 cm³/mol. The molecule has 5 heteroatoms. The molecule has 1 amide bonds. The zero-order valence-corrected chi connectivity index (χ0v) is 12.2. The van der Waals surface area contributed by atoms with Gasteiger partial charge in [0.25, 0.3) is 0 Å². The van der Waals surface area contributed by atoms with Gasteiger partial charge in [0.15, 0.2) is 0 Å². The molecule has 0 radical (unpaired) electrons. The van der Waals surface area contributed by atoms with Crippen LogP contribution >= 0.6 is 0 Å². The van der Waals surface area contributed by atoms with Crippen LogP contribution in [0.5, 0.6) is 0 Å². The molecule has 0 spiro atoms. The first-order chi connectivity index (χ1) is 10.0. The molecule has 0 heterocycles. The number of carbonyl (C=O) groups excluding carboxylic acids is 1. The summed E-state index contributed by atoms with van der Waals surface area (Å²) in [5, 5.41) is 12.3. The summed E-state index contributed by atoms with van der Waals surface area (Å²) in [5.41, 5.74) is -0.614. The second-order valence-corrected chi connectivity index (χ2v) is 6.93. The minimum absolute atomic E-state index is 0.00492. The molecule has 0 saturated heterocycles. The second kappa shape index (κ2) is 5.35. The van der Waals surface area contributed by atoms with Crippen LogP contribution in [0.15, 0.2) is 12.7 Å². The van der Waals surface area contributed by atoms with Crippen LogP contribution in [0.1, 0.15) is 38.5 Å². The molecule has 116 valence electrons. The fraction of sp³-hybridized carbons (Fsp3) is 0.750. The lowest BCUT2D eigenvalue weighted by atomic mass is 9.48. The standard InChI is InChI=1S/C16H23NO4/c1-2-3-21-15(20)17-16(9-14(18)19)12-5-10-4-11(7-12)8-13(16)6-10/h2,10-13H,1,3-9H2,(H,17,20)(H,18,19). The summed E-state index contributed by atoms with van der Waals surface area (Å²) >= 11 is 0. The number of carboxylic acids is 1. The number of carboxylic acid groups (broad SMARTS) is 1. The fourth-order valence-electron chi connectivity index (χ4n) is 5.17. The molecule has 4 saturated carbocycles. The fourth-order valence-corrected chi connectivity index (χ4v) is 5.17. The normalized spacial score (nSPS) is 39.8. The average molecular weight is 293 g/mol. The zero-order chi connectivity index (χ0) is 15.0. The summed E-state index contributed by atoms with van der Waals surface area (Å²) in [5.74, 6) is 1.16. The van der Waals surface area contributed by atoms with Gasteiger partial charge in [0.05, 0.1) is 12.0 Å². The maximum absolute atomic E-state index is 12.0. The Morgan fingerprint density at radius 1 is 1.19 bits per heavy atom.